The molecule has 2 amide bonds. The molecule has 0 spiro atoms. The van der Waals surface area contributed by atoms with Crippen LogP contribution in [0.15, 0.2) is 0 Å². The molecule has 0 aliphatic heterocycles. The summed E-state index contributed by atoms with van der Waals surface area (Å²) in [4.78, 5) is 27.3. The Bertz CT molecular complexity index is 312. The highest BCUT2D eigenvalue weighted by molar-refractivity contribution is 5.81. The number of carbonyl (C=O) groups excluding carboxylic acids is 2. The normalized spacial score (nSPS) is 16.3. The molecule has 110 valence electrons. The van der Waals surface area contributed by atoms with E-state index >= 15 is 0 Å². The van der Waals surface area contributed by atoms with Gasteiger partial charge in [-0.05, 0) is 46.6 Å². The van der Waals surface area contributed by atoms with Crippen LogP contribution in [0.1, 0.15) is 33.6 Å². The molecule has 1 fully saturated rings. The maximum absolute atomic E-state index is 11.9. The molecule has 1 rings (SSSR count). The molecule has 1 unspecified atom stereocenters. The first-order valence-electron chi connectivity index (χ1n) is 7.23. The zero-order chi connectivity index (χ0) is 14.4. The van der Waals surface area contributed by atoms with E-state index in [-0.39, 0.29) is 24.4 Å². The van der Waals surface area contributed by atoms with Gasteiger partial charge in [0, 0.05) is 19.1 Å². The van der Waals surface area contributed by atoms with E-state index in [4.69, 9.17) is 0 Å². The summed E-state index contributed by atoms with van der Waals surface area (Å²) in [7, 11) is 1.81. The van der Waals surface area contributed by atoms with Gasteiger partial charge in [-0.15, -0.1) is 0 Å². The summed E-state index contributed by atoms with van der Waals surface area (Å²) in [6.07, 6.45) is 2.44. The highest BCUT2D eigenvalue weighted by Crippen LogP contribution is 2.32. The lowest BCUT2D eigenvalue weighted by Crippen LogP contribution is -2.44. The topological polar surface area (TPSA) is 52.7 Å². The third-order valence-electron chi connectivity index (χ3n) is 3.65. The van der Waals surface area contributed by atoms with Crippen LogP contribution in [0.5, 0.6) is 0 Å². The molecule has 0 saturated heterocycles. The van der Waals surface area contributed by atoms with Crippen LogP contribution in [0.4, 0.5) is 0 Å². The maximum Gasteiger partial charge on any atom is 0.236 e. The minimum absolute atomic E-state index is 0.00856. The van der Waals surface area contributed by atoms with Gasteiger partial charge in [-0.2, -0.15) is 0 Å². The van der Waals surface area contributed by atoms with Gasteiger partial charge in [-0.3, -0.25) is 14.5 Å². The summed E-state index contributed by atoms with van der Waals surface area (Å²) in [6, 6.07) is 0.263. The van der Waals surface area contributed by atoms with Gasteiger partial charge < -0.3 is 10.2 Å². The molecule has 0 aromatic heterocycles. The first-order chi connectivity index (χ1) is 8.97. The van der Waals surface area contributed by atoms with Crippen molar-refractivity contribution in [2.24, 2.45) is 5.92 Å². The quantitative estimate of drug-likeness (QED) is 0.706. The molecule has 1 saturated carbocycles. The van der Waals surface area contributed by atoms with E-state index in [0.717, 1.165) is 0 Å². The van der Waals surface area contributed by atoms with E-state index in [1.165, 1.54) is 12.8 Å². The Morgan fingerprint density at radius 3 is 2.26 bits per heavy atom. The van der Waals surface area contributed by atoms with Gasteiger partial charge in [0.2, 0.25) is 11.8 Å². The standard InChI is InChI=1S/C14H27N3O2/c1-5-17(6-2)14(19)10-16(4)9-13(18)15-11(3)12-7-8-12/h11-12H,5-10H2,1-4H3,(H,15,18). The SMILES string of the molecule is CCN(CC)C(=O)CN(C)CC(=O)NC(C)C1CC1. The van der Waals surface area contributed by atoms with Gasteiger partial charge in [-0.1, -0.05) is 0 Å². The van der Waals surface area contributed by atoms with Crippen molar-refractivity contribution in [3.63, 3.8) is 0 Å². The van der Waals surface area contributed by atoms with E-state index in [2.05, 4.69) is 12.2 Å². The number of rotatable bonds is 8. The second-order valence-corrected chi connectivity index (χ2v) is 5.43. The average Bonchev–Trinajstić information content (AvgIpc) is 3.13. The number of nitrogens with one attached hydrogen (secondary N) is 1. The van der Waals surface area contributed by atoms with Gasteiger partial charge in [0.25, 0.3) is 0 Å². The fraction of sp³-hybridized carbons (Fsp3) is 0.857. The molecule has 1 N–H and O–H groups in total. The minimum atomic E-state index is 0.00856. The van der Waals surface area contributed by atoms with Crippen LogP contribution in [-0.2, 0) is 9.59 Å². The van der Waals surface area contributed by atoms with Crippen molar-refractivity contribution < 1.29 is 9.59 Å². The molecule has 0 aromatic carbocycles. The smallest absolute Gasteiger partial charge is 0.236 e. The molecule has 0 radical (unpaired) electrons. The monoisotopic (exact) mass is 269 g/mol. The Hall–Kier alpha value is -1.10. The van der Waals surface area contributed by atoms with Crippen LogP contribution in [0, 0.1) is 5.92 Å². The van der Waals surface area contributed by atoms with Crippen molar-refractivity contribution in [1.29, 1.82) is 0 Å². The van der Waals surface area contributed by atoms with E-state index in [0.29, 0.717) is 25.6 Å². The molecule has 1 atom stereocenters. The lowest BCUT2D eigenvalue weighted by molar-refractivity contribution is -0.132. The molecule has 0 bridgehead atoms. The van der Waals surface area contributed by atoms with Crippen LogP contribution in [0.2, 0.25) is 0 Å². The van der Waals surface area contributed by atoms with Gasteiger partial charge in [0.1, 0.15) is 0 Å². The van der Waals surface area contributed by atoms with Crippen molar-refractivity contribution in [1.82, 2.24) is 15.1 Å². The molecular formula is C14H27N3O2. The molecule has 19 heavy (non-hydrogen) atoms. The Morgan fingerprint density at radius 2 is 1.79 bits per heavy atom. The molecular weight excluding hydrogens is 242 g/mol. The summed E-state index contributed by atoms with van der Waals surface area (Å²) >= 11 is 0. The molecule has 5 nitrogen and oxygen atoms in total. The largest absolute Gasteiger partial charge is 0.352 e. The predicted octanol–water partition coefficient (Wildman–Crippen LogP) is 0.701. The van der Waals surface area contributed by atoms with E-state index in [9.17, 15) is 9.59 Å². The van der Waals surface area contributed by atoms with Crippen molar-refractivity contribution in [2.75, 3.05) is 33.2 Å². The molecule has 1 aliphatic carbocycles. The summed E-state index contributed by atoms with van der Waals surface area (Å²) in [6.45, 7) is 7.99. The van der Waals surface area contributed by atoms with Gasteiger partial charge >= 0.3 is 0 Å². The Kier molecular flexibility index (Phi) is 6.28. The second kappa shape index (κ2) is 7.48. The molecule has 5 heteroatoms. The van der Waals surface area contributed by atoms with Gasteiger partial charge in [0.05, 0.1) is 13.1 Å². The number of hydrogen-bond acceptors (Lipinski definition) is 3. The first kappa shape index (κ1) is 16.0. The van der Waals surface area contributed by atoms with Crippen LogP contribution >= 0.6 is 0 Å². The van der Waals surface area contributed by atoms with Crippen LogP contribution in [-0.4, -0.2) is 60.9 Å². The lowest BCUT2D eigenvalue weighted by Gasteiger charge is -2.23. The van der Waals surface area contributed by atoms with Crippen LogP contribution in [0.25, 0.3) is 0 Å². The van der Waals surface area contributed by atoms with Crippen molar-refractivity contribution in [3.05, 3.63) is 0 Å². The summed E-state index contributed by atoms with van der Waals surface area (Å²) in [5.41, 5.74) is 0. The zero-order valence-corrected chi connectivity index (χ0v) is 12.6. The van der Waals surface area contributed by atoms with Crippen molar-refractivity contribution in [2.45, 2.75) is 39.7 Å². The number of likely N-dealkylation sites (N-methyl/N-ethyl adjacent to an activating group) is 2. The van der Waals surface area contributed by atoms with Crippen LogP contribution < -0.4 is 5.32 Å². The highest BCUT2D eigenvalue weighted by atomic mass is 16.2. The minimum Gasteiger partial charge on any atom is -0.352 e. The number of carbonyl (C=O) groups is 2. The zero-order valence-electron chi connectivity index (χ0n) is 12.6. The predicted molar refractivity (Wildman–Crippen MR) is 75.8 cm³/mol. The average molecular weight is 269 g/mol. The molecule has 1 aliphatic rings. The summed E-state index contributed by atoms with van der Waals surface area (Å²) in [5.74, 6) is 0.747. The molecule has 0 aromatic rings. The Morgan fingerprint density at radius 1 is 1.21 bits per heavy atom. The Balaban J connectivity index is 2.27. The number of hydrogen-bond donors (Lipinski definition) is 1. The maximum atomic E-state index is 11.9. The van der Waals surface area contributed by atoms with Gasteiger partial charge in [-0.25, -0.2) is 0 Å². The summed E-state index contributed by atoms with van der Waals surface area (Å²) < 4.78 is 0. The number of amides is 2. The van der Waals surface area contributed by atoms with Crippen LogP contribution in [0.3, 0.4) is 0 Å². The van der Waals surface area contributed by atoms with Crippen molar-refractivity contribution >= 4 is 11.8 Å². The first-order valence-corrected chi connectivity index (χ1v) is 7.23. The number of nitrogens with zero attached hydrogens (tertiary/aromatic N) is 2. The Labute approximate surface area is 116 Å². The molecule has 0 heterocycles. The van der Waals surface area contributed by atoms with E-state index in [1.807, 2.05) is 20.9 Å². The van der Waals surface area contributed by atoms with E-state index in [1.54, 1.807) is 9.80 Å². The van der Waals surface area contributed by atoms with E-state index < -0.39 is 0 Å². The van der Waals surface area contributed by atoms with Crippen molar-refractivity contribution in [3.8, 4) is 0 Å². The second-order valence-electron chi connectivity index (χ2n) is 5.43. The lowest BCUT2D eigenvalue weighted by atomic mass is 10.2. The third kappa shape index (κ3) is 5.59. The third-order valence-corrected chi connectivity index (χ3v) is 3.65. The van der Waals surface area contributed by atoms with Gasteiger partial charge in [0.15, 0.2) is 0 Å². The highest BCUT2D eigenvalue weighted by Gasteiger charge is 2.29. The fourth-order valence-corrected chi connectivity index (χ4v) is 2.22. The summed E-state index contributed by atoms with van der Waals surface area (Å²) in [5, 5.41) is 3.00. The fourth-order valence-electron chi connectivity index (χ4n) is 2.22.